The van der Waals surface area contributed by atoms with Crippen LogP contribution in [0.4, 0.5) is 0 Å². The van der Waals surface area contributed by atoms with E-state index in [4.69, 9.17) is 4.43 Å². The lowest BCUT2D eigenvalue weighted by atomic mass is 10.0. The number of nitrogens with zero attached hydrogens (tertiary/aromatic N) is 1. The quantitative estimate of drug-likeness (QED) is 0.459. The molecule has 3 aromatic rings. The predicted octanol–water partition coefficient (Wildman–Crippen LogP) is 6.69. The van der Waals surface area contributed by atoms with Gasteiger partial charge in [0.2, 0.25) is 0 Å². The van der Waals surface area contributed by atoms with Crippen molar-refractivity contribution in [2.45, 2.75) is 58.9 Å². The van der Waals surface area contributed by atoms with Gasteiger partial charge in [0.25, 0.3) is 0 Å². The van der Waals surface area contributed by atoms with E-state index in [0.29, 0.717) is 6.61 Å². The minimum absolute atomic E-state index is 0.246. The van der Waals surface area contributed by atoms with E-state index in [0.717, 1.165) is 6.42 Å². The van der Waals surface area contributed by atoms with Gasteiger partial charge in [0.1, 0.15) is 0 Å². The van der Waals surface area contributed by atoms with Crippen LogP contribution in [0.2, 0.25) is 18.1 Å². The summed E-state index contributed by atoms with van der Waals surface area (Å²) >= 11 is 0. The molecule has 0 N–H and O–H groups in total. The summed E-state index contributed by atoms with van der Waals surface area (Å²) in [7, 11) is -1.71. The van der Waals surface area contributed by atoms with Gasteiger partial charge in [0.05, 0.1) is 6.61 Å². The summed E-state index contributed by atoms with van der Waals surface area (Å²) in [5.41, 5.74) is 6.57. The zero-order chi connectivity index (χ0) is 18.9. The summed E-state index contributed by atoms with van der Waals surface area (Å²) in [5, 5.41) is 0.246. The van der Waals surface area contributed by atoms with E-state index in [-0.39, 0.29) is 5.04 Å². The van der Waals surface area contributed by atoms with E-state index in [1.165, 1.54) is 27.8 Å². The third-order valence-corrected chi connectivity index (χ3v) is 10.3. The van der Waals surface area contributed by atoms with Gasteiger partial charge in [-0.2, -0.15) is 0 Å². The zero-order valence-corrected chi connectivity index (χ0v) is 18.0. The Morgan fingerprint density at radius 3 is 2.31 bits per heavy atom. The van der Waals surface area contributed by atoms with E-state index in [1.807, 2.05) is 0 Å². The molecular weight excluding hydrogens is 334 g/mol. The van der Waals surface area contributed by atoms with Crippen LogP contribution >= 0.6 is 0 Å². The van der Waals surface area contributed by atoms with Crippen molar-refractivity contribution in [3.05, 3.63) is 66.0 Å². The molecule has 0 saturated carbocycles. The third kappa shape index (κ3) is 3.65. The molecule has 0 aliphatic heterocycles. The topological polar surface area (TPSA) is 13.6 Å². The molecule has 0 saturated heterocycles. The number of fused-ring (bicyclic) bond motifs is 1. The van der Waals surface area contributed by atoms with Gasteiger partial charge in [-0.3, -0.25) is 0 Å². The van der Waals surface area contributed by atoms with Crippen molar-refractivity contribution >= 4 is 13.8 Å². The average Bonchev–Trinajstić information content (AvgIpc) is 2.98. The highest BCUT2D eigenvalue weighted by Gasteiger charge is 2.36. The molecule has 2 heterocycles. The van der Waals surface area contributed by atoms with E-state index < -0.39 is 8.32 Å². The van der Waals surface area contributed by atoms with E-state index in [9.17, 15) is 0 Å². The molecule has 3 heteroatoms. The molecule has 0 radical (unpaired) electrons. The first kappa shape index (κ1) is 18.9. The standard InChI is InChI=1S/C23H31NOSi/c1-7-20-21(16-24-15-9-8-10-22(20)24)19-13-11-18(12-14-19)17-25-26(5,6)23(2,3)4/h8-16H,7,17H2,1-6H3. The Balaban J connectivity index is 1.82. The Morgan fingerprint density at radius 1 is 1.00 bits per heavy atom. The molecule has 0 aliphatic rings. The molecule has 26 heavy (non-hydrogen) atoms. The lowest BCUT2D eigenvalue weighted by Gasteiger charge is -2.36. The van der Waals surface area contributed by atoms with Crippen molar-refractivity contribution < 1.29 is 4.43 Å². The van der Waals surface area contributed by atoms with Crippen molar-refractivity contribution in [2.24, 2.45) is 0 Å². The summed E-state index contributed by atoms with van der Waals surface area (Å²) < 4.78 is 8.58. The fourth-order valence-electron chi connectivity index (χ4n) is 3.06. The first-order valence-electron chi connectivity index (χ1n) is 9.55. The van der Waals surface area contributed by atoms with Crippen molar-refractivity contribution in [2.75, 3.05) is 0 Å². The monoisotopic (exact) mass is 365 g/mol. The normalized spacial score (nSPS) is 12.7. The minimum atomic E-state index is -1.71. The molecule has 138 valence electrons. The van der Waals surface area contributed by atoms with E-state index in [2.05, 4.69) is 100 Å². The van der Waals surface area contributed by atoms with Gasteiger partial charge in [-0.05, 0) is 53.4 Å². The Hall–Kier alpha value is -1.84. The highest BCUT2D eigenvalue weighted by atomic mass is 28.4. The molecule has 0 spiro atoms. The number of benzene rings is 1. The Kier molecular flexibility index (Phi) is 5.13. The highest BCUT2D eigenvalue weighted by molar-refractivity contribution is 6.74. The molecule has 2 aromatic heterocycles. The van der Waals surface area contributed by atoms with Crippen LogP contribution in [0.25, 0.3) is 16.6 Å². The number of hydrogen-bond acceptors (Lipinski definition) is 1. The van der Waals surface area contributed by atoms with Crippen molar-refractivity contribution in [3.8, 4) is 11.1 Å². The first-order valence-corrected chi connectivity index (χ1v) is 12.5. The van der Waals surface area contributed by atoms with Crippen LogP contribution < -0.4 is 0 Å². The number of aromatic nitrogens is 1. The van der Waals surface area contributed by atoms with Crippen molar-refractivity contribution in [1.29, 1.82) is 0 Å². The highest BCUT2D eigenvalue weighted by Crippen LogP contribution is 2.37. The maximum absolute atomic E-state index is 6.35. The fourth-order valence-corrected chi connectivity index (χ4v) is 4.02. The first-order chi connectivity index (χ1) is 12.2. The smallest absolute Gasteiger partial charge is 0.192 e. The molecule has 2 nitrogen and oxygen atoms in total. The zero-order valence-electron chi connectivity index (χ0n) is 17.0. The number of aryl methyl sites for hydroxylation is 1. The Labute approximate surface area is 159 Å². The molecule has 1 aromatic carbocycles. The van der Waals surface area contributed by atoms with Crippen molar-refractivity contribution in [1.82, 2.24) is 4.40 Å². The van der Waals surface area contributed by atoms with Gasteiger partial charge in [-0.25, -0.2) is 0 Å². The second kappa shape index (κ2) is 7.05. The van der Waals surface area contributed by atoms with Crippen LogP contribution in [0.15, 0.2) is 54.9 Å². The van der Waals surface area contributed by atoms with Crippen LogP contribution in [0.3, 0.4) is 0 Å². The van der Waals surface area contributed by atoms with Crippen LogP contribution in [0, 0.1) is 0 Å². The van der Waals surface area contributed by atoms with Gasteiger partial charge in [-0.1, -0.05) is 58.0 Å². The van der Waals surface area contributed by atoms with Gasteiger partial charge in [0.15, 0.2) is 8.32 Å². The molecule has 0 bridgehead atoms. The molecule has 0 amide bonds. The molecule has 0 aliphatic carbocycles. The maximum Gasteiger partial charge on any atom is 0.192 e. The molecule has 3 rings (SSSR count). The predicted molar refractivity (Wildman–Crippen MR) is 114 cm³/mol. The molecule has 0 atom stereocenters. The number of rotatable bonds is 5. The fraction of sp³-hybridized carbons (Fsp3) is 0.391. The van der Waals surface area contributed by atoms with Crippen LogP contribution in [-0.4, -0.2) is 12.7 Å². The van der Waals surface area contributed by atoms with E-state index in [1.54, 1.807) is 0 Å². The Morgan fingerprint density at radius 2 is 1.69 bits per heavy atom. The van der Waals surface area contributed by atoms with Crippen molar-refractivity contribution in [3.63, 3.8) is 0 Å². The van der Waals surface area contributed by atoms with Gasteiger partial charge in [0, 0.05) is 23.5 Å². The van der Waals surface area contributed by atoms with Crippen LogP contribution in [0.1, 0.15) is 38.8 Å². The van der Waals surface area contributed by atoms with Gasteiger partial charge < -0.3 is 8.83 Å². The SMILES string of the molecule is CCc1c(-c2ccc(CO[Si](C)(C)C(C)(C)C)cc2)cn2ccccc12. The summed E-state index contributed by atoms with van der Waals surface area (Å²) in [6.07, 6.45) is 5.40. The lowest BCUT2D eigenvalue weighted by molar-refractivity contribution is 0.276. The second-order valence-electron chi connectivity index (χ2n) is 8.61. The van der Waals surface area contributed by atoms with E-state index >= 15 is 0 Å². The number of pyridine rings is 1. The lowest BCUT2D eigenvalue weighted by Crippen LogP contribution is -2.40. The van der Waals surface area contributed by atoms with Gasteiger partial charge in [-0.15, -0.1) is 0 Å². The molecule has 0 unspecified atom stereocenters. The second-order valence-corrected chi connectivity index (χ2v) is 13.4. The molecule has 0 fully saturated rings. The molecular formula is C23H31NOSi. The third-order valence-electron chi connectivity index (χ3n) is 5.82. The van der Waals surface area contributed by atoms with Crippen LogP contribution in [-0.2, 0) is 17.5 Å². The largest absolute Gasteiger partial charge is 0.413 e. The summed E-state index contributed by atoms with van der Waals surface area (Å²) in [6, 6.07) is 15.3. The summed E-state index contributed by atoms with van der Waals surface area (Å²) in [6.45, 7) is 14.4. The summed E-state index contributed by atoms with van der Waals surface area (Å²) in [4.78, 5) is 0. The summed E-state index contributed by atoms with van der Waals surface area (Å²) in [5.74, 6) is 0. The average molecular weight is 366 g/mol. The number of hydrogen-bond donors (Lipinski definition) is 0. The Bertz CT molecular complexity index is 885. The maximum atomic E-state index is 6.35. The van der Waals surface area contributed by atoms with Gasteiger partial charge >= 0.3 is 0 Å². The minimum Gasteiger partial charge on any atom is -0.413 e. The van der Waals surface area contributed by atoms with Crippen LogP contribution in [0.5, 0.6) is 0 Å².